The number of halogens is 3. The van der Waals surface area contributed by atoms with Crippen LogP contribution in [0.15, 0.2) is 35.1 Å². The van der Waals surface area contributed by atoms with Crippen LogP contribution in [-0.4, -0.2) is 22.9 Å². The Morgan fingerprint density at radius 3 is 2.32 bits per heavy atom. The van der Waals surface area contributed by atoms with Crippen molar-refractivity contribution in [2.75, 3.05) is 7.11 Å². The van der Waals surface area contributed by atoms with Gasteiger partial charge < -0.3 is 4.74 Å². The van der Waals surface area contributed by atoms with E-state index in [0.717, 1.165) is 25.3 Å². The predicted octanol–water partition coefficient (Wildman–Crippen LogP) is 2.35. The highest BCUT2D eigenvalue weighted by atomic mass is 19.4. The lowest BCUT2D eigenvalue weighted by molar-refractivity contribution is -0.137. The number of aromatic nitrogens is 2. The second-order valence-electron chi connectivity index (χ2n) is 4.45. The van der Waals surface area contributed by atoms with Gasteiger partial charge in [-0.1, -0.05) is 0 Å². The molecule has 0 saturated carbocycles. The summed E-state index contributed by atoms with van der Waals surface area (Å²) in [6.45, 7) is 1.55. The lowest BCUT2D eigenvalue weighted by atomic mass is 10.2. The Kier molecular flexibility index (Phi) is 4.03. The topological polar surface area (TPSA) is 61.2 Å². The van der Waals surface area contributed by atoms with E-state index in [9.17, 15) is 22.8 Å². The van der Waals surface area contributed by atoms with Crippen LogP contribution in [0.5, 0.6) is 0 Å². The number of benzene rings is 1. The van der Waals surface area contributed by atoms with Gasteiger partial charge in [-0.2, -0.15) is 18.3 Å². The standard InChI is InChI=1S/C14H11F3N2O3/c1-8-7-11(20)12(13(21)22-2)18-19(8)10-5-3-9(4-6-10)14(15,16)17/h3-7H,1-2H3. The van der Waals surface area contributed by atoms with Crippen molar-refractivity contribution < 1.29 is 22.7 Å². The molecule has 0 aliphatic rings. The van der Waals surface area contributed by atoms with Crippen molar-refractivity contribution in [3.63, 3.8) is 0 Å². The molecule has 0 radical (unpaired) electrons. The van der Waals surface area contributed by atoms with E-state index in [1.807, 2.05) is 0 Å². The third-order valence-corrected chi connectivity index (χ3v) is 2.93. The number of rotatable bonds is 2. The minimum atomic E-state index is -4.44. The summed E-state index contributed by atoms with van der Waals surface area (Å²) in [7, 11) is 1.10. The van der Waals surface area contributed by atoms with E-state index >= 15 is 0 Å². The van der Waals surface area contributed by atoms with E-state index in [1.54, 1.807) is 6.92 Å². The number of aryl methyl sites for hydroxylation is 1. The lowest BCUT2D eigenvalue weighted by Crippen LogP contribution is -2.23. The molecule has 0 aliphatic carbocycles. The Hall–Kier alpha value is -2.64. The maximum atomic E-state index is 12.5. The first-order valence-electron chi connectivity index (χ1n) is 6.11. The van der Waals surface area contributed by atoms with Gasteiger partial charge in [0.2, 0.25) is 11.1 Å². The molecule has 0 aliphatic heterocycles. The molecule has 0 amide bonds. The number of carbonyl (C=O) groups excluding carboxylic acids is 1. The summed E-state index contributed by atoms with van der Waals surface area (Å²) < 4.78 is 43.3. The van der Waals surface area contributed by atoms with Crippen LogP contribution in [0.2, 0.25) is 0 Å². The third-order valence-electron chi connectivity index (χ3n) is 2.93. The first-order chi connectivity index (χ1) is 10.2. The fourth-order valence-corrected chi connectivity index (χ4v) is 1.84. The fourth-order valence-electron chi connectivity index (χ4n) is 1.84. The van der Waals surface area contributed by atoms with Gasteiger partial charge in [-0.3, -0.25) is 4.79 Å². The molecule has 116 valence electrons. The minimum Gasteiger partial charge on any atom is -0.464 e. The SMILES string of the molecule is COC(=O)c1nn(-c2ccc(C(F)(F)F)cc2)c(C)cc1=O. The van der Waals surface area contributed by atoms with Crippen LogP contribution in [0, 0.1) is 6.92 Å². The number of alkyl halides is 3. The van der Waals surface area contributed by atoms with Gasteiger partial charge in [-0.15, -0.1) is 0 Å². The van der Waals surface area contributed by atoms with Gasteiger partial charge in [-0.05, 0) is 31.2 Å². The molecule has 0 spiro atoms. The first-order valence-corrected chi connectivity index (χ1v) is 6.11. The van der Waals surface area contributed by atoms with Crippen molar-refractivity contribution in [2.24, 2.45) is 0 Å². The number of methoxy groups -OCH3 is 1. The van der Waals surface area contributed by atoms with Crippen molar-refractivity contribution in [2.45, 2.75) is 13.1 Å². The average molecular weight is 312 g/mol. The summed E-state index contributed by atoms with van der Waals surface area (Å²) in [5, 5.41) is 3.85. The smallest absolute Gasteiger partial charge is 0.416 e. The number of nitrogens with zero attached hydrogens (tertiary/aromatic N) is 2. The normalized spacial score (nSPS) is 11.3. The molecule has 0 saturated heterocycles. The van der Waals surface area contributed by atoms with E-state index in [0.29, 0.717) is 5.69 Å². The number of carbonyl (C=O) groups is 1. The molecule has 2 aromatic rings. The van der Waals surface area contributed by atoms with Crippen LogP contribution in [-0.2, 0) is 10.9 Å². The molecule has 8 heteroatoms. The maximum Gasteiger partial charge on any atom is 0.416 e. The number of ether oxygens (including phenoxy) is 1. The van der Waals surface area contributed by atoms with Crippen molar-refractivity contribution in [1.29, 1.82) is 0 Å². The molecular formula is C14H11F3N2O3. The summed E-state index contributed by atoms with van der Waals surface area (Å²) in [6.07, 6.45) is -4.44. The fraction of sp³-hybridized carbons (Fsp3) is 0.214. The van der Waals surface area contributed by atoms with Crippen LogP contribution in [0.3, 0.4) is 0 Å². The van der Waals surface area contributed by atoms with E-state index in [2.05, 4.69) is 9.84 Å². The molecule has 1 heterocycles. The lowest BCUT2D eigenvalue weighted by Gasteiger charge is -2.12. The molecule has 1 aromatic carbocycles. The highest BCUT2D eigenvalue weighted by molar-refractivity contribution is 5.86. The van der Waals surface area contributed by atoms with E-state index < -0.39 is 28.8 Å². The molecule has 0 atom stereocenters. The average Bonchev–Trinajstić information content (AvgIpc) is 2.46. The first kappa shape index (κ1) is 15.7. The zero-order valence-electron chi connectivity index (χ0n) is 11.6. The van der Waals surface area contributed by atoms with Crippen LogP contribution < -0.4 is 5.43 Å². The predicted molar refractivity (Wildman–Crippen MR) is 70.9 cm³/mol. The third kappa shape index (κ3) is 3.00. The molecule has 5 nitrogen and oxygen atoms in total. The summed E-state index contributed by atoms with van der Waals surface area (Å²) in [4.78, 5) is 23.2. The van der Waals surface area contributed by atoms with Gasteiger partial charge in [0.25, 0.3) is 0 Å². The van der Waals surface area contributed by atoms with Gasteiger partial charge in [-0.25, -0.2) is 9.48 Å². The number of esters is 1. The molecule has 22 heavy (non-hydrogen) atoms. The Balaban J connectivity index is 2.53. The van der Waals surface area contributed by atoms with Crippen LogP contribution in [0.4, 0.5) is 13.2 Å². The van der Waals surface area contributed by atoms with Gasteiger partial charge >= 0.3 is 12.1 Å². The maximum absolute atomic E-state index is 12.5. The summed E-state index contributed by atoms with van der Waals surface area (Å²) in [6, 6.07) is 5.36. The largest absolute Gasteiger partial charge is 0.464 e. The van der Waals surface area contributed by atoms with Gasteiger partial charge in [0, 0.05) is 11.8 Å². The van der Waals surface area contributed by atoms with Gasteiger partial charge in [0.05, 0.1) is 18.4 Å². The van der Waals surface area contributed by atoms with Crippen LogP contribution in [0.25, 0.3) is 5.69 Å². The monoisotopic (exact) mass is 312 g/mol. The van der Waals surface area contributed by atoms with Crippen molar-refractivity contribution >= 4 is 5.97 Å². The second kappa shape index (κ2) is 5.63. The number of hydrogen-bond donors (Lipinski definition) is 0. The molecule has 0 fully saturated rings. The van der Waals surface area contributed by atoms with E-state index in [4.69, 9.17) is 0 Å². The Morgan fingerprint density at radius 2 is 1.82 bits per heavy atom. The van der Waals surface area contributed by atoms with E-state index in [-0.39, 0.29) is 5.69 Å². The molecular weight excluding hydrogens is 301 g/mol. The Morgan fingerprint density at radius 1 is 1.23 bits per heavy atom. The molecule has 0 unspecified atom stereocenters. The molecule has 1 aromatic heterocycles. The molecule has 0 N–H and O–H groups in total. The van der Waals surface area contributed by atoms with Crippen molar-refractivity contribution in [3.05, 3.63) is 57.5 Å². The zero-order valence-corrected chi connectivity index (χ0v) is 11.6. The quantitative estimate of drug-likeness (QED) is 0.799. The van der Waals surface area contributed by atoms with Gasteiger partial charge in [0.1, 0.15) is 0 Å². The Bertz CT molecular complexity index is 764. The molecule has 2 rings (SSSR count). The summed E-state index contributed by atoms with van der Waals surface area (Å²) in [5.41, 5.74) is -1.20. The highest BCUT2D eigenvalue weighted by Crippen LogP contribution is 2.29. The Labute approximate surface area is 122 Å². The summed E-state index contributed by atoms with van der Waals surface area (Å²) >= 11 is 0. The highest BCUT2D eigenvalue weighted by Gasteiger charge is 2.30. The zero-order chi connectivity index (χ0) is 16.5. The summed E-state index contributed by atoms with van der Waals surface area (Å²) in [5.74, 6) is -0.911. The minimum absolute atomic E-state index is 0.288. The second-order valence-corrected chi connectivity index (χ2v) is 4.45. The molecule has 0 bridgehead atoms. The van der Waals surface area contributed by atoms with Crippen LogP contribution in [0.1, 0.15) is 21.7 Å². The van der Waals surface area contributed by atoms with E-state index in [1.165, 1.54) is 16.8 Å². The van der Waals surface area contributed by atoms with Crippen molar-refractivity contribution in [3.8, 4) is 5.69 Å². The van der Waals surface area contributed by atoms with Gasteiger partial charge in [0.15, 0.2) is 0 Å². The number of hydrogen-bond acceptors (Lipinski definition) is 4. The van der Waals surface area contributed by atoms with Crippen LogP contribution >= 0.6 is 0 Å². The van der Waals surface area contributed by atoms with Crippen molar-refractivity contribution in [1.82, 2.24) is 9.78 Å².